The lowest BCUT2D eigenvalue weighted by molar-refractivity contribution is -0.112. The Labute approximate surface area is 232 Å². The van der Waals surface area contributed by atoms with Gasteiger partial charge in [-0.05, 0) is 51.6 Å². The van der Waals surface area contributed by atoms with Crippen LogP contribution in [0, 0.1) is 6.92 Å². The summed E-state index contributed by atoms with van der Waals surface area (Å²) in [5.74, 6) is 1.81. The number of nitrogens with zero attached hydrogens (tertiary/aromatic N) is 5. The predicted octanol–water partition coefficient (Wildman–Crippen LogP) is 3.58. The molecule has 1 amide bonds. The van der Waals surface area contributed by atoms with Gasteiger partial charge in [-0.25, -0.2) is 4.99 Å². The molecule has 0 spiro atoms. The van der Waals surface area contributed by atoms with Crippen molar-refractivity contribution in [3.8, 4) is 17.5 Å². The SMILES string of the molecule is COc1nc(N2CCC(N(C)C)CC2)nc(OC)c1NC(=O)C1=CCC(Oc2cc([Si](C)(C)C)ccc2C)=N1. The lowest BCUT2D eigenvalue weighted by Crippen LogP contribution is -2.42. The second-order valence-electron chi connectivity index (χ2n) is 11.2. The molecule has 0 bridgehead atoms. The number of hydrogen-bond donors (Lipinski definition) is 1. The Hall–Kier alpha value is -3.44. The number of carbonyl (C=O) groups is 1. The molecule has 10 nitrogen and oxygen atoms in total. The van der Waals surface area contributed by atoms with Crippen molar-refractivity contribution in [3.63, 3.8) is 0 Å². The van der Waals surface area contributed by atoms with Crippen LogP contribution in [-0.2, 0) is 4.79 Å². The third kappa shape index (κ3) is 6.59. The molecule has 11 heteroatoms. The minimum atomic E-state index is -1.50. The fourth-order valence-corrected chi connectivity index (χ4v) is 5.78. The van der Waals surface area contributed by atoms with Gasteiger partial charge in [0.15, 0.2) is 11.6 Å². The van der Waals surface area contributed by atoms with Gasteiger partial charge < -0.3 is 29.3 Å². The molecule has 1 saturated heterocycles. The van der Waals surface area contributed by atoms with Crippen LogP contribution in [0.15, 0.2) is 35.0 Å². The summed E-state index contributed by atoms with van der Waals surface area (Å²) in [6, 6.07) is 6.87. The number of aromatic nitrogens is 2. The Balaban J connectivity index is 1.48. The van der Waals surface area contributed by atoms with Gasteiger partial charge in [-0.15, -0.1) is 0 Å². The summed E-state index contributed by atoms with van der Waals surface area (Å²) in [4.78, 5) is 31.2. The van der Waals surface area contributed by atoms with Crippen LogP contribution < -0.4 is 29.6 Å². The molecular formula is C28H40N6O4Si. The van der Waals surface area contributed by atoms with Crippen molar-refractivity contribution in [2.45, 2.75) is 51.9 Å². The van der Waals surface area contributed by atoms with Gasteiger partial charge in [-0.3, -0.25) is 4.79 Å². The summed E-state index contributed by atoms with van der Waals surface area (Å²) in [5.41, 5.74) is 1.54. The molecule has 0 radical (unpaired) electrons. The Morgan fingerprint density at radius 3 is 2.28 bits per heavy atom. The van der Waals surface area contributed by atoms with E-state index in [1.165, 1.54) is 19.4 Å². The zero-order valence-corrected chi connectivity index (χ0v) is 25.3. The highest BCUT2D eigenvalue weighted by Crippen LogP contribution is 2.35. The van der Waals surface area contributed by atoms with E-state index in [0.717, 1.165) is 37.2 Å². The molecule has 0 atom stereocenters. The first-order valence-corrected chi connectivity index (χ1v) is 16.8. The smallest absolute Gasteiger partial charge is 0.274 e. The van der Waals surface area contributed by atoms with Crippen LogP contribution in [0.5, 0.6) is 17.5 Å². The summed E-state index contributed by atoms with van der Waals surface area (Å²) in [5, 5.41) is 4.14. The number of ether oxygens (including phenoxy) is 3. The zero-order chi connectivity index (χ0) is 28.3. The van der Waals surface area contributed by atoms with E-state index in [-0.39, 0.29) is 23.1 Å². The molecule has 4 rings (SSSR count). The Kier molecular flexibility index (Phi) is 8.60. The van der Waals surface area contributed by atoms with E-state index < -0.39 is 14.0 Å². The first kappa shape index (κ1) is 28.6. The zero-order valence-electron chi connectivity index (χ0n) is 24.3. The maximum atomic E-state index is 13.2. The number of aryl methyl sites for hydroxylation is 1. The fraction of sp³-hybridized carbons (Fsp3) is 0.500. The van der Waals surface area contributed by atoms with E-state index in [1.807, 2.05) is 6.92 Å². The topological polar surface area (TPSA) is 101 Å². The summed E-state index contributed by atoms with van der Waals surface area (Å²) < 4.78 is 17.2. The highest BCUT2D eigenvalue weighted by atomic mass is 28.3. The van der Waals surface area contributed by atoms with Crippen LogP contribution in [0.1, 0.15) is 24.8 Å². The molecule has 1 aromatic heterocycles. The molecule has 2 aromatic rings. The number of benzene rings is 1. The molecule has 2 aliphatic heterocycles. The number of nitrogens with one attached hydrogen (secondary N) is 1. The van der Waals surface area contributed by atoms with Gasteiger partial charge in [0.05, 0.1) is 22.3 Å². The van der Waals surface area contributed by atoms with Gasteiger partial charge in [0, 0.05) is 25.6 Å². The number of anilines is 2. The number of methoxy groups -OCH3 is 2. The van der Waals surface area contributed by atoms with Gasteiger partial charge in [0.25, 0.3) is 5.91 Å². The molecule has 0 aliphatic carbocycles. The molecule has 1 N–H and O–H groups in total. The maximum Gasteiger partial charge on any atom is 0.274 e. The number of aliphatic imine (C=N–C) groups is 1. The van der Waals surface area contributed by atoms with Crippen LogP contribution >= 0.6 is 0 Å². The van der Waals surface area contributed by atoms with Crippen LogP contribution in [0.3, 0.4) is 0 Å². The van der Waals surface area contributed by atoms with Crippen molar-refractivity contribution in [2.75, 3.05) is 51.6 Å². The number of piperidine rings is 1. The lowest BCUT2D eigenvalue weighted by Gasteiger charge is -2.35. The Morgan fingerprint density at radius 2 is 1.72 bits per heavy atom. The number of hydrogen-bond acceptors (Lipinski definition) is 9. The van der Waals surface area contributed by atoms with Crippen molar-refractivity contribution >= 4 is 36.7 Å². The summed E-state index contributed by atoms with van der Waals surface area (Å²) in [7, 11) is 5.73. The summed E-state index contributed by atoms with van der Waals surface area (Å²) in [6.45, 7) is 10.5. The van der Waals surface area contributed by atoms with Crippen molar-refractivity contribution in [2.24, 2.45) is 4.99 Å². The van der Waals surface area contributed by atoms with Crippen molar-refractivity contribution in [3.05, 3.63) is 35.5 Å². The standard InChI is InChI=1S/C28H40N6O4Si/c1-18-9-10-20(39(6,7)8)17-22(18)38-23-12-11-21(29-23)25(35)30-24-26(36-4)31-28(32-27(24)37-5)34-15-13-19(14-16-34)33(2)3/h9-11,17,19H,12-16H2,1-8H3,(H,30,35). The average Bonchev–Trinajstić information content (AvgIpc) is 3.38. The molecule has 3 heterocycles. The average molecular weight is 553 g/mol. The Morgan fingerprint density at radius 1 is 1.08 bits per heavy atom. The molecule has 2 aliphatic rings. The van der Waals surface area contributed by atoms with Gasteiger partial charge >= 0.3 is 0 Å². The van der Waals surface area contributed by atoms with Gasteiger partial charge in [-0.2, -0.15) is 9.97 Å². The van der Waals surface area contributed by atoms with Crippen LogP contribution in [-0.4, -0.2) is 82.2 Å². The quantitative estimate of drug-likeness (QED) is 0.496. The van der Waals surface area contributed by atoms with Crippen molar-refractivity contribution < 1.29 is 19.0 Å². The monoisotopic (exact) mass is 552 g/mol. The first-order chi connectivity index (χ1) is 18.5. The highest BCUT2D eigenvalue weighted by molar-refractivity contribution is 6.88. The Bertz CT molecular complexity index is 1250. The highest BCUT2D eigenvalue weighted by Gasteiger charge is 2.27. The van der Waals surface area contributed by atoms with E-state index in [1.54, 1.807) is 6.08 Å². The van der Waals surface area contributed by atoms with Crippen molar-refractivity contribution in [1.82, 2.24) is 14.9 Å². The van der Waals surface area contributed by atoms with Gasteiger partial charge in [0.2, 0.25) is 17.7 Å². The second kappa shape index (κ2) is 11.7. The van der Waals surface area contributed by atoms with Crippen LogP contribution in [0.4, 0.5) is 11.6 Å². The fourth-order valence-electron chi connectivity index (χ4n) is 4.63. The molecule has 0 saturated carbocycles. The van der Waals surface area contributed by atoms with Crippen LogP contribution in [0.25, 0.3) is 0 Å². The van der Waals surface area contributed by atoms with Gasteiger partial charge in [0.1, 0.15) is 11.4 Å². The minimum Gasteiger partial charge on any atom is -0.479 e. The summed E-state index contributed by atoms with van der Waals surface area (Å²) >= 11 is 0. The molecule has 1 aromatic carbocycles. The molecule has 210 valence electrons. The minimum absolute atomic E-state index is 0.234. The van der Waals surface area contributed by atoms with E-state index in [4.69, 9.17) is 14.2 Å². The number of carbonyl (C=O) groups excluding carboxylic acids is 1. The molecule has 1 fully saturated rings. The van der Waals surface area contributed by atoms with Gasteiger partial charge in [-0.1, -0.05) is 37.0 Å². The van der Waals surface area contributed by atoms with E-state index in [9.17, 15) is 4.79 Å². The maximum absolute atomic E-state index is 13.2. The third-order valence-electron chi connectivity index (χ3n) is 7.16. The number of amides is 1. The molecule has 39 heavy (non-hydrogen) atoms. The lowest BCUT2D eigenvalue weighted by atomic mass is 10.0. The van der Waals surface area contributed by atoms with Crippen LogP contribution in [0.2, 0.25) is 19.6 Å². The van der Waals surface area contributed by atoms with E-state index in [2.05, 4.69) is 82.0 Å². The normalized spacial score (nSPS) is 16.2. The summed E-state index contributed by atoms with van der Waals surface area (Å²) in [6.07, 6.45) is 4.19. The van der Waals surface area contributed by atoms with Crippen molar-refractivity contribution in [1.29, 1.82) is 0 Å². The largest absolute Gasteiger partial charge is 0.479 e. The number of rotatable bonds is 8. The molecular weight excluding hydrogens is 512 g/mol. The first-order valence-electron chi connectivity index (χ1n) is 13.3. The predicted molar refractivity (Wildman–Crippen MR) is 158 cm³/mol. The molecule has 0 unspecified atom stereocenters. The van der Waals surface area contributed by atoms with E-state index in [0.29, 0.717) is 24.3 Å². The van der Waals surface area contributed by atoms with E-state index >= 15 is 0 Å². The second-order valence-corrected chi connectivity index (χ2v) is 16.3. The third-order valence-corrected chi connectivity index (χ3v) is 9.21.